The van der Waals surface area contributed by atoms with Crippen LogP contribution < -0.4 is 15.6 Å². The lowest BCUT2D eigenvalue weighted by Gasteiger charge is -2.12. The normalized spacial score (nSPS) is 10.9. The number of ether oxygens (including phenoxy) is 1. The topological polar surface area (TPSA) is 95.7 Å². The van der Waals surface area contributed by atoms with Crippen LogP contribution in [-0.2, 0) is 0 Å². The summed E-state index contributed by atoms with van der Waals surface area (Å²) in [5.74, 6) is 1.12. The zero-order valence-corrected chi connectivity index (χ0v) is 16.7. The third-order valence-electron chi connectivity index (χ3n) is 5.08. The fraction of sp³-hybridized carbons (Fsp3) is 0.0417. The lowest BCUT2D eigenvalue weighted by atomic mass is 10.1. The molecule has 0 aliphatic rings. The summed E-state index contributed by atoms with van der Waals surface area (Å²) in [6, 6.07) is 15.6. The largest absolute Gasteiger partial charge is 0.495 e. The van der Waals surface area contributed by atoms with Gasteiger partial charge in [0.15, 0.2) is 0 Å². The Morgan fingerprint density at radius 2 is 1.81 bits per heavy atom. The van der Waals surface area contributed by atoms with Crippen LogP contribution in [0.4, 0.5) is 11.5 Å². The van der Waals surface area contributed by atoms with Gasteiger partial charge in [-0.2, -0.15) is 0 Å². The molecule has 5 rings (SSSR count). The number of nitrogens with zero attached hydrogens (tertiary/aromatic N) is 2. The molecule has 7 heteroatoms. The van der Waals surface area contributed by atoms with Gasteiger partial charge >= 0.3 is 0 Å². The van der Waals surface area contributed by atoms with Crippen LogP contribution in [0.5, 0.6) is 5.75 Å². The van der Waals surface area contributed by atoms with Crippen molar-refractivity contribution in [1.82, 2.24) is 19.9 Å². The van der Waals surface area contributed by atoms with Crippen LogP contribution in [0.1, 0.15) is 0 Å². The van der Waals surface area contributed by atoms with E-state index in [1.165, 1.54) is 0 Å². The van der Waals surface area contributed by atoms with Crippen molar-refractivity contribution in [2.24, 2.45) is 0 Å². The second-order valence-corrected chi connectivity index (χ2v) is 7.04. The van der Waals surface area contributed by atoms with Crippen LogP contribution in [0.15, 0.2) is 84.3 Å². The van der Waals surface area contributed by atoms with E-state index in [1.54, 1.807) is 25.7 Å². The van der Waals surface area contributed by atoms with E-state index in [1.807, 2.05) is 60.9 Å². The van der Waals surface area contributed by atoms with Crippen molar-refractivity contribution in [3.8, 4) is 28.1 Å². The van der Waals surface area contributed by atoms with Crippen LogP contribution in [0.25, 0.3) is 33.2 Å². The third kappa shape index (κ3) is 3.64. The highest BCUT2D eigenvalue weighted by Crippen LogP contribution is 2.29. The Morgan fingerprint density at radius 1 is 0.935 bits per heavy atom. The Morgan fingerprint density at radius 3 is 2.58 bits per heavy atom. The summed E-state index contributed by atoms with van der Waals surface area (Å²) in [5.41, 5.74) is 4.32. The van der Waals surface area contributed by atoms with Gasteiger partial charge in [0.1, 0.15) is 11.6 Å². The molecule has 7 nitrogen and oxygen atoms in total. The summed E-state index contributed by atoms with van der Waals surface area (Å²) in [6.45, 7) is 0. The Balaban J connectivity index is 1.59. The molecule has 3 N–H and O–H groups in total. The molecule has 0 radical (unpaired) electrons. The van der Waals surface area contributed by atoms with Crippen LogP contribution in [0, 0.1) is 0 Å². The van der Waals surface area contributed by atoms with Gasteiger partial charge in [-0.25, -0.2) is 4.98 Å². The summed E-state index contributed by atoms with van der Waals surface area (Å²) in [6.07, 6.45) is 8.83. The maximum atomic E-state index is 12.6. The van der Waals surface area contributed by atoms with Crippen molar-refractivity contribution in [1.29, 1.82) is 0 Å². The standard InChI is InChI=1S/C24H19N5O2/c1-31-20-10-18(13-26-14-20)21-11-16-7-9-27-24(30)22(16)23(29-21)28-19-4-2-15(3-5-19)17-6-8-25-12-17/h2-14,25H,1H3,(H,27,30)(H,28,29). The second kappa shape index (κ2) is 7.79. The number of rotatable bonds is 5. The highest BCUT2D eigenvalue weighted by atomic mass is 16.5. The summed E-state index contributed by atoms with van der Waals surface area (Å²) >= 11 is 0. The SMILES string of the molecule is COc1cncc(-c2cc3cc[nH]c(=O)c3c(Nc3ccc(-c4cc[nH]c4)cc3)n2)c1. The Bertz CT molecular complexity index is 1410. The highest BCUT2D eigenvalue weighted by molar-refractivity contribution is 5.95. The van der Waals surface area contributed by atoms with Crippen molar-refractivity contribution in [2.75, 3.05) is 12.4 Å². The van der Waals surface area contributed by atoms with E-state index < -0.39 is 0 Å². The first-order chi connectivity index (χ1) is 15.2. The van der Waals surface area contributed by atoms with Crippen LogP contribution in [0.2, 0.25) is 0 Å². The monoisotopic (exact) mass is 409 g/mol. The number of hydrogen-bond donors (Lipinski definition) is 3. The zero-order chi connectivity index (χ0) is 21.2. The summed E-state index contributed by atoms with van der Waals surface area (Å²) in [5, 5.41) is 4.59. The fourth-order valence-electron chi connectivity index (χ4n) is 3.51. The van der Waals surface area contributed by atoms with Crippen molar-refractivity contribution < 1.29 is 4.74 Å². The number of nitrogens with one attached hydrogen (secondary N) is 3. The molecule has 0 saturated carbocycles. The predicted molar refractivity (Wildman–Crippen MR) is 122 cm³/mol. The predicted octanol–water partition coefficient (Wildman–Crippen LogP) is 4.73. The molecule has 0 amide bonds. The van der Waals surface area contributed by atoms with E-state index in [9.17, 15) is 4.79 Å². The molecule has 4 heterocycles. The fourth-order valence-corrected chi connectivity index (χ4v) is 3.51. The van der Waals surface area contributed by atoms with Crippen molar-refractivity contribution in [2.45, 2.75) is 0 Å². The number of aromatic nitrogens is 4. The van der Waals surface area contributed by atoms with Crippen LogP contribution in [-0.4, -0.2) is 27.0 Å². The summed E-state index contributed by atoms with van der Waals surface area (Å²) in [4.78, 5) is 27.3. The number of H-pyrrole nitrogens is 2. The Hall–Kier alpha value is -4.39. The number of aromatic amines is 2. The molecule has 31 heavy (non-hydrogen) atoms. The molecule has 1 aromatic carbocycles. The number of benzene rings is 1. The quantitative estimate of drug-likeness (QED) is 0.390. The molecule has 0 unspecified atom stereocenters. The van der Waals surface area contributed by atoms with Crippen molar-refractivity contribution in [3.05, 3.63) is 89.9 Å². The molecule has 4 aromatic heterocycles. The molecule has 0 atom stereocenters. The van der Waals surface area contributed by atoms with Crippen molar-refractivity contribution in [3.63, 3.8) is 0 Å². The minimum atomic E-state index is -0.202. The Kier molecular flexibility index (Phi) is 4.68. The maximum Gasteiger partial charge on any atom is 0.259 e. The molecule has 0 spiro atoms. The molecule has 0 saturated heterocycles. The first kappa shape index (κ1) is 18.6. The minimum absolute atomic E-state index is 0.202. The van der Waals surface area contributed by atoms with Gasteiger partial charge in [0.05, 0.1) is 24.4 Å². The van der Waals surface area contributed by atoms with Gasteiger partial charge < -0.3 is 20.0 Å². The molecular formula is C24H19N5O2. The van der Waals surface area contributed by atoms with E-state index >= 15 is 0 Å². The van der Waals surface area contributed by atoms with Gasteiger partial charge in [0.25, 0.3) is 5.56 Å². The maximum absolute atomic E-state index is 12.6. The number of hydrogen-bond acceptors (Lipinski definition) is 5. The molecule has 0 fully saturated rings. The van der Waals surface area contributed by atoms with Gasteiger partial charge in [-0.3, -0.25) is 9.78 Å². The van der Waals surface area contributed by atoms with E-state index in [4.69, 9.17) is 9.72 Å². The van der Waals surface area contributed by atoms with E-state index in [0.717, 1.165) is 27.8 Å². The third-order valence-corrected chi connectivity index (χ3v) is 5.08. The Labute approximate surface area is 177 Å². The van der Waals surface area contributed by atoms with Crippen molar-refractivity contribution >= 4 is 22.3 Å². The molecule has 0 aliphatic carbocycles. The van der Waals surface area contributed by atoms with Gasteiger partial charge in [0.2, 0.25) is 0 Å². The minimum Gasteiger partial charge on any atom is -0.495 e. The first-order valence-electron chi connectivity index (χ1n) is 9.73. The lowest BCUT2D eigenvalue weighted by molar-refractivity contribution is 0.413. The van der Waals surface area contributed by atoms with E-state index in [-0.39, 0.29) is 5.56 Å². The molecule has 0 aliphatic heterocycles. The number of fused-ring (bicyclic) bond motifs is 1. The summed E-state index contributed by atoms with van der Waals surface area (Å²) in [7, 11) is 1.60. The molecular weight excluding hydrogens is 390 g/mol. The first-order valence-corrected chi connectivity index (χ1v) is 9.73. The van der Waals surface area contributed by atoms with E-state index in [0.29, 0.717) is 22.6 Å². The smallest absolute Gasteiger partial charge is 0.259 e. The summed E-state index contributed by atoms with van der Waals surface area (Å²) < 4.78 is 5.29. The van der Waals surface area contributed by atoms with Gasteiger partial charge in [-0.1, -0.05) is 12.1 Å². The average Bonchev–Trinajstić information content (AvgIpc) is 3.34. The van der Waals surface area contributed by atoms with Crippen LogP contribution >= 0.6 is 0 Å². The van der Waals surface area contributed by atoms with Gasteiger partial charge in [0, 0.05) is 36.0 Å². The molecule has 152 valence electrons. The molecule has 0 bridgehead atoms. The second-order valence-electron chi connectivity index (χ2n) is 7.04. The van der Waals surface area contributed by atoms with Crippen LogP contribution in [0.3, 0.4) is 0 Å². The average molecular weight is 409 g/mol. The lowest BCUT2D eigenvalue weighted by Crippen LogP contribution is -2.09. The zero-order valence-electron chi connectivity index (χ0n) is 16.7. The van der Waals surface area contributed by atoms with Gasteiger partial charge in [-0.05, 0) is 52.9 Å². The number of pyridine rings is 3. The van der Waals surface area contributed by atoms with E-state index in [2.05, 4.69) is 20.3 Å². The highest BCUT2D eigenvalue weighted by Gasteiger charge is 2.12. The number of methoxy groups -OCH3 is 1. The molecule has 5 aromatic rings. The van der Waals surface area contributed by atoms with Gasteiger partial charge in [-0.15, -0.1) is 0 Å². The number of anilines is 2.